The van der Waals surface area contributed by atoms with Crippen LogP contribution in [0.4, 0.5) is 0 Å². The lowest BCUT2D eigenvalue weighted by atomic mass is 9.92. The molecule has 3 nitrogen and oxygen atoms in total. The number of rotatable bonds is 6. The van der Waals surface area contributed by atoms with Crippen molar-refractivity contribution in [2.45, 2.75) is 64.1 Å². The highest BCUT2D eigenvalue weighted by molar-refractivity contribution is 4.93. The fraction of sp³-hybridized carbons (Fsp3) is 1.00. The van der Waals surface area contributed by atoms with E-state index in [-0.39, 0.29) is 0 Å². The van der Waals surface area contributed by atoms with Gasteiger partial charge in [-0.3, -0.25) is 0 Å². The normalized spacial score (nSPS) is 33.5. The lowest BCUT2D eigenvalue weighted by molar-refractivity contribution is 0.208. The Morgan fingerprint density at radius 1 is 1.16 bits per heavy atom. The Morgan fingerprint density at radius 3 is 2.53 bits per heavy atom. The molecule has 0 aromatic heterocycles. The van der Waals surface area contributed by atoms with E-state index in [4.69, 9.17) is 0 Å². The minimum absolute atomic E-state index is 0.651. The maximum absolute atomic E-state index is 3.89. The predicted molar refractivity (Wildman–Crippen MR) is 82.5 cm³/mol. The number of hydrogen-bond donors (Lipinski definition) is 2. The molecule has 2 fully saturated rings. The quantitative estimate of drug-likeness (QED) is 0.771. The molecule has 4 unspecified atom stereocenters. The summed E-state index contributed by atoms with van der Waals surface area (Å²) in [7, 11) is 4.41. The first-order valence-electron chi connectivity index (χ1n) is 8.22. The Hall–Kier alpha value is -0.120. The predicted octanol–water partition coefficient (Wildman–Crippen LogP) is 2.08. The van der Waals surface area contributed by atoms with Gasteiger partial charge in [0.2, 0.25) is 0 Å². The standard InChI is InChI=1S/C16H33N3/c1-12(2)16(19(3)4)11-18-15-8-5-7-13(15)14-9-6-10-17-14/h12-18H,5-11H2,1-4H3. The largest absolute Gasteiger partial charge is 0.314 e. The molecule has 2 rings (SSSR count). The van der Waals surface area contributed by atoms with E-state index in [0.29, 0.717) is 12.0 Å². The Kier molecular flexibility index (Phi) is 5.67. The number of hydrogen-bond acceptors (Lipinski definition) is 3. The van der Waals surface area contributed by atoms with Gasteiger partial charge in [0.25, 0.3) is 0 Å². The van der Waals surface area contributed by atoms with Crippen LogP contribution in [0.1, 0.15) is 46.0 Å². The van der Waals surface area contributed by atoms with E-state index in [9.17, 15) is 0 Å². The first-order chi connectivity index (χ1) is 9.09. The van der Waals surface area contributed by atoms with Gasteiger partial charge in [-0.15, -0.1) is 0 Å². The molecule has 1 aliphatic carbocycles. The summed E-state index contributed by atoms with van der Waals surface area (Å²) in [6, 6.07) is 2.19. The molecule has 0 amide bonds. The number of nitrogens with zero attached hydrogens (tertiary/aromatic N) is 1. The second-order valence-electron chi connectivity index (χ2n) is 7.09. The summed E-state index contributed by atoms with van der Waals surface area (Å²) < 4.78 is 0. The molecule has 0 spiro atoms. The molecule has 0 bridgehead atoms. The molecule has 0 aromatic carbocycles. The molecule has 4 atom stereocenters. The lowest BCUT2D eigenvalue weighted by Gasteiger charge is -2.32. The summed E-state index contributed by atoms with van der Waals surface area (Å²) in [5.41, 5.74) is 0. The molecule has 0 aromatic rings. The summed E-state index contributed by atoms with van der Waals surface area (Å²) in [4.78, 5) is 2.37. The zero-order chi connectivity index (χ0) is 13.8. The fourth-order valence-electron chi connectivity index (χ4n) is 4.09. The topological polar surface area (TPSA) is 27.3 Å². The van der Waals surface area contributed by atoms with Crippen LogP contribution in [-0.4, -0.2) is 50.2 Å². The molecule has 2 aliphatic rings. The monoisotopic (exact) mass is 267 g/mol. The molecule has 2 N–H and O–H groups in total. The van der Waals surface area contributed by atoms with Crippen LogP contribution in [0.25, 0.3) is 0 Å². The van der Waals surface area contributed by atoms with Gasteiger partial charge in [-0.2, -0.15) is 0 Å². The van der Waals surface area contributed by atoms with Gasteiger partial charge in [0.1, 0.15) is 0 Å². The van der Waals surface area contributed by atoms with Crippen molar-refractivity contribution in [2.24, 2.45) is 11.8 Å². The summed E-state index contributed by atoms with van der Waals surface area (Å²) in [6.07, 6.45) is 6.98. The Labute approximate surface area is 119 Å². The van der Waals surface area contributed by atoms with Crippen LogP contribution in [-0.2, 0) is 0 Å². The molecular formula is C16H33N3. The first-order valence-corrected chi connectivity index (χ1v) is 8.22. The summed E-state index contributed by atoms with van der Waals surface area (Å²) in [5, 5.41) is 7.60. The third kappa shape index (κ3) is 3.93. The van der Waals surface area contributed by atoms with Crippen molar-refractivity contribution < 1.29 is 0 Å². The smallest absolute Gasteiger partial charge is 0.0237 e. The Bertz CT molecular complexity index is 251. The Balaban J connectivity index is 1.83. The van der Waals surface area contributed by atoms with Gasteiger partial charge in [0.05, 0.1) is 0 Å². The maximum Gasteiger partial charge on any atom is 0.0237 e. The van der Waals surface area contributed by atoms with Crippen LogP contribution in [0, 0.1) is 11.8 Å². The van der Waals surface area contributed by atoms with E-state index in [1.165, 1.54) is 38.6 Å². The zero-order valence-electron chi connectivity index (χ0n) is 13.3. The number of nitrogens with one attached hydrogen (secondary N) is 2. The fourth-order valence-corrected chi connectivity index (χ4v) is 4.09. The molecule has 112 valence electrons. The summed E-state index contributed by atoms with van der Waals surface area (Å²) >= 11 is 0. The molecule has 1 aliphatic heterocycles. The molecule has 19 heavy (non-hydrogen) atoms. The zero-order valence-corrected chi connectivity index (χ0v) is 13.3. The van der Waals surface area contributed by atoms with E-state index in [1.54, 1.807) is 0 Å². The van der Waals surface area contributed by atoms with Crippen molar-refractivity contribution in [3.05, 3.63) is 0 Å². The van der Waals surface area contributed by atoms with E-state index >= 15 is 0 Å². The third-order valence-corrected chi connectivity index (χ3v) is 5.21. The highest BCUT2D eigenvalue weighted by Gasteiger charge is 2.35. The molecule has 1 saturated carbocycles. The van der Waals surface area contributed by atoms with Gasteiger partial charge in [-0.05, 0) is 58.2 Å². The first kappa shape index (κ1) is 15.3. The van der Waals surface area contributed by atoms with Crippen molar-refractivity contribution >= 4 is 0 Å². The highest BCUT2D eigenvalue weighted by atomic mass is 15.1. The van der Waals surface area contributed by atoms with Crippen molar-refractivity contribution in [3.8, 4) is 0 Å². The van der Waals surface area contributed by atoms with Crippen LogP contribution in [0.2, 0.25) is 0 Å². The van der Waals surface area contributed by atoms with E-state index < -0.39 is 0 Å². The van der Waals surface area contributed by atoms with E-state index in [1.807, 2.05) is 0 Å². The van der Waals surface area contributed by atoms with Gasteiger partial charge >= 0.3 is 0 Å². The van der Waals surface area contributed by atoms with Crippen LogP contribution < -0.4 is 10.6 Å². The molecule has 1 saturated heterocycles. The van der Waals surface area contributed by atoms with Crippen LogP contribution in [0.15, 0.2) is 0 Å². The van der Waals surface area contributed by atoms with Gasteiger partial charge in [-0.1, -0.05) is 20.3 Å². The Morgan fingerprint density at radius 2 is 1.95 bits per heavy atom. The molecule has 3 heteroatoms. The van der Waals surface area contributed by atoms with Gasteiger partial charge < -0.3 is 15.5 Å². The SMILES string of the molecule is CC(C)C(CNC1CCCC1C1CCCN1)N(C)C. The number of likely N-dealkylation sites (N-methyl/N-ethyl adjacent to an activating group) is 1. The third-order valence-electron chi connectivity index (χ3n) is 5.21. The van der Waals surface area contributed by atoms with Crippen LogP contribution >= 0.6 is 0 Å². The van der Waals surface area contributed by atoms with E-state index in [2.05, 4.69) is 43.5 Å². The van der Waals surface area contributed by atoms with Crippen molar-refractivity contribution in [1.82, 2.24) is 15.5 Å². The van der Waals surface area contributed by atoms with Crippen LogP contribution in [0.5, 0.6) is 0 Å². The maximum atomic E-state index is 3.89. The summed E-state index contributed by atoms with van der Waals surface area (Å²) in [6.45, 7) is 7.03. The van der Waals surface area contributed by atoms with Crippen molar-refractivity contribution in [1.29, 1.82) is 0 Å². The second kappa shape index (κ2) is 7.05. The van der Waals surface area contributed by atoms with Crippen molar-refractivity contribution in [2.75, 3.05) is 27.2 Å². The summed E-state index contributed by atoms with van der Waals surface area (Å²) in [5.74, 6) is 1.59. The van der Waals surface area contributed by atoms with Crippen molar-refractivity contribution in [3.63, 3.8) is 0 Å². The van der Waals surface area contributed by atoms with Gasteiger partial charge in [0.15, 0.2) is 0 Å². The molecule has 0 radical (unpaired) electrons. The average Bonchev–Trinajstić information content (AvgIpc) is 2.97. The molecule has 1 heterocycles. The molecular weight excluding hydrogens is 234 g/mol. The minimum Gasteiger partial charge on any atom is -0.314 e. The average molecular weight is 267 g/mol. The van der Waals surface area contributed by atoms with E-state index in [0.717, 1.165) is 24.5 Å². The minimum atomic E-state index is 0.651. The lowest BCUT2D eigenvalue weighted by Crippen LogP contribution is -2.48. The van der Waals surface area contributed by atoms with Gasteiger partial charge in [-0.25, -0.2) is 0 Å². The van der Waals surface area contributed by atoms with Crippen LogP contribution in [0.3, 0.4) is 0 Å². The highest BCUT2D eigenvalue weighted by Crippen LogP contribution is 2.32. The van der Waals surface area contributed by atoms with Gasteiger partial charge in [0, 0.05) is 24.7 Å². The second-order valence-corrected chi connectivity index (χ2v) is 7.09.